The predicted molar refractivity (Wildman–Crippen MR) is 128 cm³/mol. The largest absolute Gasteiger partial charge is 0.271 e. The second kappa shape index (κ2) is 7.40. The van der Waals surface area contributed by atoms with Crippen molar-refractivity contribution in [1.29, 1.82) is 0 Å². The molecule has 0 N–H and O–H groups in total. The van der Waals surface area contributed by atoms with Gasteiger partial charge in [0.25, 0.3) is 0 Å². The average molecular weight is 421 g/mol. The molecule has 0 spiro atoms. The lowest BCUT2D eigenvalue weighted by Crippen LogP contribution is -2.53. The van der Waals surface area contributed by atoms with Gasteiger partial charge in [-0.25, -0.2) is 0 Å². The van der Waals surface area contributed by atoms with Crippen LogP contribution >= 0.6 is 0 Å². The molecule has 5 rings (SSSR count). The first kappa shape index (κ1) is 21.6. The Kier molecular flexibility index (Phi) is 5.16. The molecule has 4 fully saturated rings. The molecule has 31 heavy (non-hydrogen) atoms. The monoisotopic (exact) mass is 420 g/mol. The maximum absolute atomic E-state index is 5.58. The fourth-order valence-corrected chi connectivity index (χ4v) is 9.94. The van der Waals surface area contributed by atoms with E-state index in [4.69, 9.17) is 6.42 Å². The van der Waals surface area contributed by atoms with Crippen LogP contribution in [0.5, 0.6) is 0 Å². The van der Waals surface area contributed by atoms with Gasteiger partial charge in [-0.1, -0.05) is 47.0 Å². The molecular formula is C29H44N2. The molecule has 1 aromatic rings. The number of terminal acetylenes is 1. The Morgan fingerprint density at radius 3 is 2.52 bits per heavy atom. The first-order chi connectivity index (χ1) is 14.7. The lowest BCUT2D eigenvalue weighted by molar-refractivity contribution is -0.113. The maximum Gasteiger partial charge on any atom is 0.0646 e. The third-order valence-electron chi connectivity index (χ3n) is 11.1. The molecule has 4 saturated carbocycles. The van der Waals surface area contributed by atoms with Crippen LogP contribution in [-0.2, 0) is 6.54 Å². The Balaban J connectivity index is 1.36. The molecule has 0 bridgehead atoms. The van der Waals surface area contributed by atoms with Gasteiger partial charge in [0.1, 0.15) is 0 Å². The van der Waals surface area contributed by atoms with Crippen LogP contribution in [0, 0.1) is 64.1 Å². The third-order valence-corrected chi connectivity index (χ3v) is 11.1. The first-order valence-electron chi connectivity index (χ1n) is 13.2. The Morgan fingerprint density at radius 1 is 1.06 bits per heavy atom. The van der Waals surface area contributed by atoms with Gasteiger partial charge in [-0.15, -0.1) is 6.42 Å². The van der Waals surface area contributed by atoms with Gasteiger partial charge in [0, 0.05) is 12.7 Å². The minimum atomic E-state index is 0.248. The zero-order chi connectivity index (χ0) is 22.0. The van der Waals surface area contributed by atoms with Gasteiger partial charge < -0.3 is 0 Å². The molecule has 2 unspecified atom stereocenters. The highest BCUT2D eigenvalue weighted by atomic mass is 15.3. The zero-order valence-electron chi connectivity index (χ0n) is 20.7. The van der Waals surface area contributed by atoms with Crippen molar-refractivity contribution in [1.82, 2.24) is 9.78 Å². The average Bonchev–Trinajstić information content (AvgIpc) is 3.30. The SMILES string of the molecule is C#Cc1cnn(CC(C)(C)[C@H]2CCC3[C@@H]4CC[C@]5(C)C[C@@H](C)CC[C@@H]5C4CC[C@@]32C)c1. The summed E-state index contributed by atoms with van der Waals surface area (Å²) in [7, 11) is 0. The molecule has 0 saturated heterocycles. The number of hydrogen-bond acceptors (Lipinski definition) is 1. The third kappa shape index (κ3) is 3.41. The quantitative estimate of drug-likeness (QED) is 0.473. The van der Waals surface area contributed by atoms with Gasteiger partial charge >= 0.3 is 0 Å². The van der Waals surface area contributed by atoms with Crippen molar-refractivity contribution in [2.24, 2.45) is 51.8 Å². The van der Waals surface area contributed by atoms with E-state index in [0.717, 1.165) is 47.6 Å². The van der Waals surface area contributed by atoms with Crippen LogP contribution < -0.4 is 0 Å². The van der Waals surface area contributed by atoms with Crippen LogP contribution in [-0.4, -0.2) is 9.78 Å². The van der Waals surface area contributed by atoms with E-state index < -0.39 is 0 Å². The highest BCUT2D eigenvalue weighted by Gasteiger charge is 2.60. The molecule has 0 radical (unpaired) electrons. The topological polar surface area (TPSA) is 17.8 Å². The van der Waals surface area contributed by atoms with Crippen molar-refractivity contribution in [2.45, 2.75) is 99.0 Å². The summed E-state index contributed by atoms with van der Waals surface area (Å²) in [6.07, 6.45) is 22.7. The highest BCUT2D eigenvalue weighted by Crippen LogP contribution is 2.68. The van der Waals surface area contributed by atoms with E-state index >= 15 is 0 Å². The van der Waals surface area contributed by atoms with E-state index in [9.17, 15) is 0 Å². The van der Waals surface area contributed by atoms with Gasteiger partial charge in [0.05, 0.1) is 11.8 Å². The molecule has 0 amide bonds. The molecule has 4 aliphatic carbocycles. The molecule has 8 atom stereocenters. The standard InChI is InChI=1S/C29H44N2/c1-7-21-17-30-31(18-21)19-27(3,4)26-11-10-25-23-12-14-28(5)16-20(2)8-9-24(28)22(23)13-15-29(25,26)6/h1,17-18,20,22-26H,8-16,19H2,2-6H3/t20-,22?,23+,24+,25?,26+,28+,29-/m0/s1. The summed E-state index contributed by atoms with van der Waals surface area (Å²) in [5, 5.41) is 4.57. The molecule has 2 nitrogen and oxygen atoms in total. The minimum absolute atomic E-state index is 0.248. The Hall–Kier alpha value is -1.23. The lowest BCUT2D eigenvalue weighted by Gasteiger charge is -2.60. The number of hydrogen-bond donors (Lipinski definition) is 0. The Labute approximate surface area is 191 Å². The van der Waals surface area contributed by atoms with Crippen LogP contribution in [0.2, 0.25) is 0 Å². The fourth-order valence-electron chi connectivity index (χ4n) is 9.94. The summed E-state index contributed by atoms with van der Waals surface area (Å²) < 4.78 is 2.10. The van der Waals surface area contributed by atoms with Crippen LogP contribution in [0.15, 0.2) is 12.4 Å². The molecule has 170 valence electrons. The summed E-state index contributed by atoms with van der Waals surface area (Å²) in [6.45, 7) is 13.8. The molecular weight excluding hydrogens is 376 g/mol. The fraction of sp³-hybridized carbons (Fsp3) is 0.828. The van der Waals surface area contributed by atoms with Crippen molar-refractivity contribution in [3.05, 3.63) is 18.0 Å². The van der Waals surface area contributed by atoms with Crippen LogP contribution in [0.4, 0.5) is 0 Å². The van der Waals surface area contributed by atoms with Crippen LogP contribution in [0.25, 0.3) is 0 Å². The first-order valence-corrected chi connectivity index (χ1v) is 13.2. The molecule has 0 aromatic carbocycles. The summed E-state index contributed by atoms with van der Waals surface area (Å²) in [6, 6.07) is 0. The van der Waals surface area contributed by atoms with Crippen LogP contribution in [0.1, 0.15) is 98.0 Å². The maximum atomic E-state index is 5.58. The van der Waals surface area contributed by atoms with Gasteiger partial charge in [-0.05, 0) is 103 Å². The van der Waals surface area contributed by atoms with Crippen molar-refractivity contribution in [3.63, 3.8) is 0 Å². The van der Waals surface area contributed by atoms with Gasteiger partial charge in [-0.2, -0.15) is 5.10 Å². The second-order valence-electron chi connectivity index (χ2n) is 13.4. The molecule has 1 aromatic heterocycles. The van der Waals surface area contributed by atoms with Crippen molar-refractivity contribution < 1.29 is 0 Å². The van der Waals surface area contributed by atoms with E-state index in [1.807, 2.05) is 6.20 Å². The van der Waals surface area contributed by atoms with E-state index in [0.29, 0.717) is 10.8 Å². The lowest BCUT2D eigenvalue weighted by atomic mass is 9.45. The van der Waals surface area contributed by atoms with Crippen LogP contribution in [0.3, 0.4) is 0 Å². The summed E-state index contributed by atoms with van der Waals surface area (Å²) in [4.78, 5) is 0. The molecule has 0 aliphatic heterocycles. The smallest absolute Gasteiger partial charge is 0.0646 e. The van der Waals surface area contributed by atoms with Gasteiger partial charge in [0.15, 0.2) is 0 Å². The van der Waals surface area contributed by atoms with E-state index in [-0.39, 0.29) is 5.41 Å². The molecule has 1 heterocycles. The normalized spacial score (nSPS) is 44.8. The summed E-state index contributed by atoms with van der Waals surface area (Å²) in [5.74, 6) is 8.41. The summed E-state index contributed by atoms with van der Waals surface area (Å²) in [5.41, 5.74) is 2.29. The van der Waals surface area contributed by atoms with Crippen molar-refractivity contribution >= 4 is 0 Å². The predicted octanol–water partition coefficient (Wildman–Crippen LogP) is 7.19. The van der Waals surface area contributed by atoms with E-state index in [1.165, 1.54) is 57.8 Å². The Morgan fingerprint density at radius 2 is 1.77 bits per heavy atom. The van der Waals surface area contributed by atoms with Gasteiger partial charge in [0.2, 0.25) is 0 Å². The zero-order valence-corrected chi connectivity index (χ0v) is 20.7. The number of fused-ring (bicyclic) bond motifs is 5. The van der Waals surface area contributed by atoms with Gasteiger partial charge in [-0.3, -0.25) is 4.68 Å². The molecule has 2 heteroatoms. The molecule has 4 aliphatic rings. The highest BCUT2D eigenvalue weighted by molar-refractivity contribution is 5.26. The second-order valence-corrected chi connectivity index (χ2v) is 13.4. The minimum Gasteiger partial charge on any atom is -0.271 e. The van der Waals surface area contributed by atoms with E-state index in [1.54, 1.807) is 0 Å². The van der Waals surface area contributed by atoms with Crippen molar-refractivity contribution in [3.8, 4) is 12.3 Å². The Bertz CT molecular complexity index is 858. The summed E-state index contributed by atoms with van der Waals surface area (Å²) >= 11 is 0. The van der Waals surface area contributed by atoms with E-state index in [2.05, 4.69) is 56.5 Å². The number of rotatable bonds is 3. The number of nitrogens with zero attached hydrogens (tertiary/aromatic N) is 2. The van der Waals surface area contributed by atoms with Crippen molar-refractivity contribution in [2.75, 3.05) is 0 Å². The number of aromatic nitrogens is 2.